The van der Waals surface area contributed by atoms with E-state index in [4.69, 9.17) is 0 Å². The van der Waals surface area contributed by atoms with E-state index in [-0.39, 0.29) is 11.7 Å². The third-order valence-corrected chi connectivity index (χ3v) is 4.16. The van der Waals surface area contributed by atoms with Crippen LogP contribution in [-0.2, 0) is 0 Å². The average Bonchev–Trinajstić information content (AvgIpc) is 2.29. The van der Waals surface area contributed by atoms with Crippen molar-refractivity contribution in [2.24, 2.45) is 0 Å². The van der Waals surface area contributed by atoms with Crippen LogP contribution in [0, 0.1) is 12.7 Å². The van der Waals surface area contributed by atoms with Gasteiger partial charge in [-0.05, 0) is 56.4 Å². The third-order valence-electron chi connectivity index (χ3n) is 3.60. The molecule has 0 N–H and O–H groups in total. The van der Waals surface area contributed by atoms with Crippen molar-refractivity contribution in [2.75, 3.05) is 11.9 Å². The number of halogens is 2. The molecule has 0 atom stereocenters. The highest BCUT2D eigenvalue weighted by Crippen LogP contribution is 2.26. The standard InChI is InChI=1S/C15H19BrFNO/c1-11-8-12(10-13(17)9-11)15(19)18(7-3-6-16)14-4-2-5-14/h8-10,14H,2-7H2,1H3. The Bertz CT molecular complexity index is 439. The van der Waals surface area contributed by atoms with Gasteiger partial charge in [0.1, 0.15) is 5.82 Å². The van der Waals surface area contributed by atoms with Crippen LogP contribution < -0.4 is 0 Å². The second-order valence-electron chi connectivity index (χ2n) is 5.14. The first kappa shape index (κ1) is 14.5. The molecule has 0 aliphatic heterocycles. The van der Waals surface area contributed by atoms with Crippen LogP contribution in [0.1, 0.15) is 41.6 Å². The molecule has 2 nitrogen and oxygen atoms in total. The Hall–Kier alpha value is -0.900. The highest BCUT2D eigenvalue weighted by atomic mass is 79.9. The minimum Gasteiger partial charge on any atom is -0.336 e. The van der Waals surface area contributed by atoms with Gasteiger partial charge in [-0.15, -0.1) is 0 Å². The lowest BCUT2D eigenvalue weighted by molar-refractivity contribution is 0.0580. The number of alkyl halides is 1. The van der Waals surface area contributed by atoms with Gasteiger partial charge in [-0.25, -0.2) is 4.39 Å². The molecule has 0 radical (unpaired) electrons. The third kappa shape index (κ3) is 3.56. The lowest BCUT2D eigenvalue weighted by Crippen LogP contribution is -2.44. The maximum atomic E-state index is 13.4. The molecule has 104 valence electrons. The van der Waals surface area contributed by atoms with Gasteiger partial charge in [-0.1, -0.05) is 15.9 Å². The molecule has 1 aliphatic carbocycles. The van der Waals surface area contributed by atoms with Crippen molar-refractivity contribution in [1.82, 2.24) is 4.90 Å². The van der Waals surface area contributed by atoms with Gasteiger partial charge in [-0.3, -0.25) is 4.79 Å². The summed E-state index contributed by atoms with van der Waals surface area (Å²) in [6.45, 7) is 2.55. The summed E-state index contributed by atoms with van der Waals surface area (Å²) in [6.07, 6.45) is 4.26. The Labute approximate surface area is 122 Å². The Morgan fingerprint density at radius 2 is 2.16 bits per heavy atom. The summed E-state index contributed by atoms with van der Waals surface area (Å²) in [5.74, 6) is -0.370. The molecule has 0 bridgehead atoms. The molecule has 2 rings (SSSR count). The van der Waals surface area contributed by atoms with Crippen molar-refractivity contribution >= 4 is 21.8 Å². The summed E-state index contributed by atoms with van der Waals surface area (Å²) in [4.78, 5) is 14.4. The van der Waals surface area contributed by atoms with E-state index in [1.54, 1.807) is 6.07 Å². The number of hydrogen-bond donors (Lipinski definition) is 0. The van der Waals surface area contributed by atoms with Crippen LogP contribution in [0.15, 0.2) is 18.2 Å². The number of aryl methyl sites for hydroxylation is 1. The van der Waals surface area contributed by atoms with Crippen molar-refractivity contribution in [3.63, 3.8) is 0 Å². The number of carbonyl (C=O) groups excluding carboxylic acids is 1. The van der Waals surface area contributed by atoms with E-state index < -0.39 is 0 Å². The summed E-state index contributed by atoms with van der Waals surface area (Å²) in [5.41, 5.74) is 1.26. The van der Waals surface area contributed by atoms with Gasteiger partial charge in [0.25, 0.3) is 5.91 Å². The van der Waals surface area contributed by atoms with Gasteiger partial charge < -0.3 is 4.90 Å². The van der Waals surface area contributed by atoms with Crippen LogP contribution >= 0.6 is 15.9 Å². The van der Waals surface area contributed by atoms with Crippen molar-refractivity contribution in [3.8, 4) is 0 Å². The fourth-order valence-electron chi connectivity index (χ4n) is 2.40. The lowest BCUT2D eigenvalue weighted by Gasteiger charge is -2.37. The van der Waals surface area contributed by atoms with E-state index in [0.29, 0.717) is 11.6 Å². The van der Waals surface area contributed by atoms with Gasteiger partial charge in [0.15, 0.2) is 0 Å². The smallest absolute Gasteiger partial charge is 0.254 e. The van der Waals surface area contributed by atoms with Crippen LogP contribution in [0.3, 0.4) is 0 Å². The highest BCUT2D eigenvalue weighted by Gasteiger charge is 2.29. The summed E-state index contributed by atoms with van der Waals surface area (Å²) >= 11 is 3.40. The minimum absolute atomic E-state index is 0.0340. The average molecular weight is 328 g/mol. The Morgan fingerprint density at radius 1 is 1.42 bits per heavy atom. The maximum absolute atomic E-state index is 13.4. The number of carbonyl (C=O) groups is 1. The molecule has 0 unspecified atom stereocenters. The largest absolute Gasteiger partial charge is 0.336 e. The zero-order chi connectivity index (χ0) is 13.8. The topological polar surface area (TPSA) is 20.3 Å². The van der Waals surface area contributed by atoms with Crippen molar-refractivity contribution < 1.29 is 9.18 Å². The highest BCUT2D eigenvalue weighted by molar-refractivity contribution is 9.09. The van der Waals surface area contributed by atoms with Gasteiger partial charge in [0.2, 0.25) is 0 Å². The van der Waals surface area contributed by atoms with Crippen molar-refractivity contribution in [2.45, 2.75) is 38.6 Å². The summed E-state index contributed by atoms with van der Waals surface area (Å²) < 4.78 is 13.4. The molecule has 1 amide bonds. The quantitative estimate of drug-likeness (QED) is 0.751. The molecule has 19 heavy (non-hydrogen) atoms. The van der Waals surface area contributed by atoms with E-state index in [9.17, 15) is 9.18 Å². The number of rotatable bonds is 5. The van der Waals surface area contributed by atoms with Gasteiger partial charge in [-0.2, -0.15) is 0 Å². The molecule has 1 aliphatic rings. The van der Waals surface area contributed by atoms with Crippen molar-refractivity contribution in [3.05, 3.63) is 35.1 Å². The molecule has 0 aromatic heterocycles. The summed E-state index contributed by atoms with van der Waals surface area (Å²) in [6, 6.07) is 4.90. The molecule has 0 spiro atoms. The van der Waals surface area contributed by atoms with E-state index in [1.165, 1.54) is 18.6 Å². The van der Waals surface area contributed by atoms with E-state index in [0.717, 1.165) is 36.7 Å². The van der Waals surface area contributed by atoms with Crippen molar-refractivity contribution in [1.29, 1.82) is 0 Å². The van der Waals surface area contributed by atoms with E-state index in [2.05, 4.69) is 15.9 Å². The van der Waals surface area contributed by atoms with E-state index >= 15 is 0 Å². The summed E-state index contributed by atoms with van der Waals surface area (Å²) in [7, 11) is 0. The molecule has 0 saturated heterocycles. The van der Waals surface area contributed by atoms with Crippen LogP contribution in [0.2, 0.25) is 0 Å². The van der Waals surface area contributed by atoms with Gasteiger partial charge in [0.05, 0.1) is 0 Å². The molecule has 1 fully saturated rings. The Kier molecular flexibility index (Phi) is 4.97. The van der Waals surface area contributed by atoms with E-state index in [1.807, 2.05) is 11.8 Å². The number of amides is 1. The SMILES string of the molecule is Cc1cc(F)cc(C(=O)N(CCCBr)C2CCC2)c1. The fourth-order valence-corrected chi connectivity index (χ4v) is 2.65. The molecular weight excluding hydrogens is 309 g/mol. The normalized spacial score (nSPS) is 15.1. The predicted molar refractivity (Wildman–Crippen MR) is 78.2 cm³/mol. The Morgan fingerprint density at radius 3 is 2.68 bits per heavy atom. The molecule has 0 heterocycles. The number of hydrogen-bond acceptors (Lipinski definition) is 1. The lowest BCUT2D eigenvalue weighted by atomic mass is 9.90. The zero-order valence-electron chi connectivity index (χ0n) is 11.2. The molecule has 1 aromatic carbocycles. The molecule has 1 aromatic rings. The fraction of sp³-hybridized carbons (Fsp3) is 0.533. The zero-order valence-corrected chi connectivity index (χ0v) is 12.7. The second kappa shape index (κ2) is 6.51. The molecule has 4 heteroatoms. The number of benzene rings is 1. The maximum Gasteiger partial charge on any atom is 0.254 e. The first-order chi connectivity index (χ1) is 9.11. The Balaban J connectivity index is 2.17. The van der Waals surface area contributed by atoms with Crippen LogP contribution in [-0.4, -0.2) is 28.7 Å². The van der Waals surface area contributed by atoms with Gasteiger partial charge in [0, 0.05) is 23.5 Å². The minimum atomic E-state index is -0.336. The van der Waals surface area contributed by atoms with Gasteiger partial charge >= 0.3 is 0 Å². The molecule has 1 saturated carbocycles. The van der Waals surface area contributed by atoms with Crippen LogP contribution in [0.25, 0.3) is 0 Å². The van der Waals surface area contributed by atoms with Crippen LogP contribution in [0.4, 0.5) is 4.39 Å². The summed E-state index contributed by atoms with van der Waals surface area (Å²) in [5, 5.41) is 0.881. The predicted octanol–water partition coefficient (Wildman–Crippen LogP) is 3.91. The van der Waals surface area contributed by atoms with Crippen LogP contribution in [0.5, 0.6) is 0 Å². The monoisotopic (exact) mass is 327 g/mol. The first-order valence-electron chi connectivity index (χ1n) is 6.76. The second-order valence-corrected chi connectivity index (χ2v) is 5.94. The first-order valence-corrected chi connectivity index (χ1v) is 7.88. The molecular formula is C15H19BrFNO. The number of nitrogens with zero attached hydrogens (tertiary/aromatic N) is 1.